The second-order valence-electron chi connectivity index (χ2n) is 5.50. The van der Waals surface area contributed by atoms with Crippen LogP contribution in [0, 0.1) is 11.3 Å². The quantitative estimate of drug-likeness (QED) is 0.803. The van der Waals surface area contributed by atoms with Crippen LogP contribution in [-0.4, -0.2) is 34.2 Å². The Labute approximate surface area is 152 Å². The molecule has 0 heterocycles. The monoisotopic (exact) mass is 373 g/mol. The first-order valence-corrected chi connectivity index (χ1v) is 9.60. The van der Waals surface area contributed by atoms with Crippen molar-refractivity contribution in [1.82, 2.24) is 0 Å². The number of carbonyl (C=O) groups is 1. The van der Waals surface area contributed by atoms with Gasteiger partial charge in [0.25, 0.3) is 0 Å². The number of nitrogens with zero attached hydrogens (tertiary/aromatic N) is 2. The molecule has 0 fully saturated rings. The van der Waals surface area contributed by atoms with Gasteiger partial charge in [-0.15, -0.1) is 0 Å². The number of methoxy groups -OCH3 is 1. The van der Waals surface area contributed by atoms with Gasteiger partial charge < -0.3 is 10.1 Å². The van der Waals surface area contributed by atoms with Crippen molar-refractivity contribution in [3.63, 3.8) is 0 Å². The summed E-state index contributed by atoms with van der Waals surface area (Å²) in [6, 6.07) is 15.2. The van der Waals surface area contributed by atoms with Gasteiger partial charge in [0.05, 0.1) is 36.4 Å². The van der Waals surface area contributed by atoms with Crippen molar-refractivity contribution in [2.24, 2.45) is 0 Å². The summed E-state index contributed by atoms with van der Waals surface area (Å²) in [5, 5.41) is 11.7. The lowest BCUT2D eigenvalue weighted by Crippen LogP contribution is -2.33. The van der Waals surface area contributed by atoms with Crippen LogP contribution in [0.4, 0.5) is 11.4 Å². The fourth-order valence-electron chi connectivity index (χ4n) is 2.38. The second kappa shape index (κ2) is 8.36. The summed E-state index contributed by atoms with van der Waals surface area (Å²) in [5.41, 5.74) is 1.20. The first kappa shape index (κ1) is 19.3. The van der Waals surface area contributed by atoms with Gasteiger partial charge in [-0.1, -0.05) is 18.2 Å². The maximum absolute atomic E-state index is 12.2. The molecule has 1 N–H and O–H groups in total. The maximum Gasteiger partial charge on any atom is 0.232 e. The summed E-state index contributed by atoms with van der Waals surface area (Å²) in [6.45, 7) is -0.0469. The molecule has 0 aliphatic carbocycles. The van der Waals surface area contributed by atoms with Crippen LogP contribution < -0.4 is 14.4 Å². The Morgan fingerprint density at radius 1 is 1.23 bits per heavy atom. The summed E-state index contributed by atoms with van der Waals surface area (Å²) in [4.78, 5) is 12.2. The van der Waals surface area contributed by atoms with Crippen molar-refractivity contribution in [1.29, 1.82) is 5.26 Å². The zero-order valence-electron chi connectivity index (χ0n) is 14.5. The van der Waals surface area contributed by atoms with Crippen LogP contribution in [0.25, 0.3) is 0 Å². The van der Waals surface area contributed by atoms with Gasteiger partial charge in [0.2, 0.25) is 15.9 Å². The molecule has 0 spiro atoms. The van der Waals surface area contributed by atoms with E-state index in [1.54, 1.807) is 42.5 Å². The average molecular weight is 373 g/mol. The van der Waals surface area contributed by atoms with E-state index in [0.29, 0.717) is 22.7 Å². The summed E-state index contributed by atoms with van der Waals surface area (Å²) < 4.78 is 30.5. The van der Waals surface area contributed by atoms with Crippen LogP contribution in [-0.2, 0) is 14.8 Å². The van der Waals surface area contributed by atoms with Gasteiger partial charge in [0.15, 0.2) is 0 Å². The molecule has 0 radical (unpaired) electrons. The Kier molecular flexibility index (Phi) is 6.20. The highest BCUT2D eigenvalue weighted by Crippen LogP contribution is 2.23. The highest BCUT2D eigenvalue weighted by molar-refractivity contribution is 7.92. The summed E-state index contributed by atoms with van der Waals surface area (Å²) >= 11 is 0. The Bertz CT molecular complexity index is 935. The summed E-state index contributed by atoms with van der Waals surface area (Å²) in [7, 11) is -2.11. The topological polar surface area (TPSA) is 99.5 Å². The molecule has 0 bridgehead atoms. The second-order valence-corrected chi connectivity index (χ2v) is 7.40. The minimum Gasteiger partial charge on any atom is -0.495 e. The number of carbonyl (C=O) groups excluding carboxylic acids is 1. The van der Waals surface area contributed by atoms with Crippen LogP contribution in [0.15, 0.2) is 48.5 Å². The highest BCUT2D eigenvalue weighted by Gasteiger charge is 2.19. The van der Waals surface area contributed by atoms with Crippen molar-refractivity contribution < 1.29 is 17.9 Å². The summed E-state index contributed by atoms with van der Waals surface area (Å²) in [5.74, 6) is 0.169. The molecule has 0 aliphatic rings. The molecular formula is C18H19N3O4S. The van der Waals surface area contributed by atoms with Gasteiger partial charge in [0.1, 0.15) is 5.75 Å². The van der Waals surface area contributed by atoms with Crippen LogP contribution in [0.5, 0.6) is 5.75 Å². The van der Waals surface area contributed by atoms with Crippen LogP contribution in [0.2, 0.25) is 0 Å². The highest BCUT2D eigenvalue weighted by atomic mass is 32.2. The molecule has 136 valence electrons. The third kappa shape index (κ3) is 4.97. The van der Waals surface area contributed by atoms with Crippen molar-refractivity contribution >= 4 is 27.3 Å². The lowest BCUT2D eigenvalue weighted by molar-refractivity contribution is -0.116. The molecule has 0 unspecified atom stereocenters. The maximum atomic E-state index is 12.2. The van der Waals surface area contributed by atoms with Gasteiger partial charge in [-0.2, -0.15) is 5.26 Å². The van der Waals surface area contributed by atoms with Gasteiger partial charge in [-0.05, 0) is 30.3 Å². The number of para-hydroxylation sites is 2. The molecule has 0 aliphatic heterocycles. The number of amides is 1. The number of ether oxygens (including phenoxy) is 1. The minimum absolute atomic E-state index is 0.0469. The number of nitriles is 1. The van der Waals surface area contributed by atoms with E-state index in [1.165, 1.54) is 13.2 Å². The average Bonchev–Trinajstić information content (AvgIpc) is 2.61. The lowest BCUT2D eigenvalue weighted by Gasteiger charge is -2.22. The standard InChI is InChI=1S/C18H19N3O4S/c1-25-17-9-4-3-8-16(17)20-18(22)10-11-21(26(2,23)24)15-7-5-6-14(12-15)13-19/h3-9,12H,10-11H2,1-2H3,(H,20,22). The molecule has 7 nitrogen and oxygen atoms in total. The van der Waals surface area contributed by atoms with Crippen molar-refractivity contribution in [3.8, 4) is 11.8 Å². The Hall–Kier alpha value is -3.05. The number of benzene rings is 2. The van der Waals surface area contributed by atoms with Gasteiger partial charge >= 0.3 is 0 Å². The largest absolute Gasteiger partial charge is 0.495 e. The molecule has 2 aromatic rings. The summed E-state index contributed by atoms with van der Waals surface area (Å²) in [6.07, 6.45) is 1.01. The fraction of sp³-hybridized carbons (Fsp3) is 0.222. The van der Waals surface area contributed by atoms with E-state index in [-0.39, 0.29) is 18.9 Å². The molecule has 2 aromatic carbocycles. The smallest absolute Gasteiger partial charge is 0.232 e. The fourth-order valence-corrected chi connectivity index (χ4v) is 3.30. The SMILES string of the molecule is COc1ccccc1NC(=O)CCN(c1cccc(C#N)c1)S(C)(=O)=O. The molecule has 0 saturated heterocycles. The molecule has 0 atom stereocenters. The molecule has 1 amide bonds. The van der Waals surface area contributed by atoms with E-state index in [1.807, 2.05) is 6.07 Å². The van der Waals surface area contributed by atoms with Crippen LogP contribution in [0.1, 0.15) is 12.0 Å². The van der Waals surface area contributed by atoms with Crippen molar-refractivity contribution in [2.75, 3.05) is 29.5 Å². The number of rotatable bonds is 7. The zero-order valence-corrected chi connectivity index (χ0v) is 15.3. The number of nitrogens with one attached hydrogen (secondary N) is 1. The molecule has 0 aromatic heterocycles. The van der Waals surface area contributed by atoms with E-state index in [2.05, 4.69) is 5.32 Å². The molecule has 0 saturated carbocycles. The predicted molar refractivity (Wildman–Crippen MR) is 99.6 cm³/mol. The Morgan fingerprint density at radius 3 is 2.62 bits per heavy atom. The Balaban J connectivity index is 2.12. The lowest BCUT2D eigenvalue weighted by atomic mass is 10.2. The van der Waals surface area contributed by atoms with Gasteiger partial charge in [-0.25, -0.2) is 8.42 Å². The van der Waals surface area contributed by atoms with E-state index < -0.39 is 10.0 Å². The van der Waals surface area contributed by atoms with Crippen molar-refractivity contribution in [2.45, 2.75) is 6.42 Å². The van der Waals surface area contributed by atoms with E-state index in [4.69, 9.17) is 10.00 Å². The van der Waals surface area contributed by atoms with Gasteiger partial charge in [-0.3, -0.25) is 9.10 Å². The van der Waals surface area contributed by atoms with E-state index >= 15 is 0 Å². The van der Waals surface area contributed by atoms with Crippen molar-refractivity contribution in [3.05, 3.63) is 54.1 Å². The van der Waals surface area contributed by atoms with Gasteiger partial charge in [0, 0.05) is 13.0 Å². The number of hydrogen-bond acceptors (Lipinski definition) is 5. The number of hydrogen-bond donors (Lipinski definition) is 1. The molecule has 26 heavy (non-hydrogen) atoms. The zero-order chi connectivity index (χ0) is 19.2. The van der Waals surface area contributed by atoms with E-state index in [9.17, 15) is 13.2 Å². The van der Waals surface area contributed by atoms with Crippen LogP contribution in [0.3, 0.4) is 0 Å². The predicted octanol–water partition coefficient (Wildman–Crippen LogP) is 2.36. The molecule has 2 rings (SSSR count). The third-order valence-corrected chi connectivity index (χ3v) is 4.78. The van der Waals surface area contributed by atoms with E-state index in [0.717, 1.165) is 10.6 Å². The first-order chi connectivity index (χ1) is 12.3. The molecular weight excluding hydrogens is 354 g/mol. The van der Waals surface area contributed by atoms with Crippen LogP contribution >= 0.6 is 0 Å². The number of sulfonamides is 1. The first-order valence-electron chi connectivity index (χ1n) is 7.76. The molecule has 8 heteroatoms. The number of anilines is 2. The minimum atomic E-state index is -3.61. The third-order valence-electron chi connectivity index (χ3n) is 3.59. The Morgan fingerprint density at radius 2 is 1.96 bits per heavy atom. The normalized spacial score (nSPS) is 10.7.